The molecule has 0 saturated carbocycles. The number of benzene rings is 15. The molecule has 0 spiro atoms. The Labute approximate surface area is 606 Å². The highest BCUT2D eigenvalue weighted by molar-refractivity contribution is 5.91. The zero-order valence-electron chi connectivity index (χ0n) is 58.0. The van der Waals surface area contributed by atoms with Crippen molar-refractivity contribution >= 4 is 41.4 Å². The average molecular weight is 1310 g/mol. The van der Waals surface area contributed by atoms with Crippen LogP contribution in [-0.2, 0) is 10.8 Å². The standard InChI is InChI=1S/C102H75N/c1-7-70-31-35-74(36-32-70)81-62-82(75-37-33-71(8-2)34-38-75)64-83(63-81)77-41-49-87(50-42-77)102(99-25-17-13-21-95(99)96-22-14-18-26-100(96)102)89-53-45-79(46-54-89)85-65-84(66-92(67-85)103(90-55-27-68(5)28-56-90)91-57-29-69(6)30-58-91)78-43-51-88(52-44-78)101(97-23-15-11-19-93(97)94-20-12-16-24-98(94)101)86-47-39-76(40-48-86)80-60-72(9-3)59-73(10-4)61-80/h7-67H,1-4H2,5-6H3. The van der Waals surface area contributed by atoms with Crippen molar-refractivity contribution in [1.82, 2.24) is 0 Å². The van der Waals surface area contributed by atoms with Gasteiger partial charge >= 0.3 is 0 Å². The third kappa shape index (κ3) is 11.1. The van der Waals surface area contributed by atoms with Crippen LogP contribution in [0.4, 0.5) is 17.1 Å². The molecule has 0 radical (unpaired) electrons. The molecule has 2 aliphatic carbocycles. The summed E-state index contributed by atoms with van der Waals surface area (Å²) in [7, 11) is 0. The van der Waals surface area contributed by atoms with Gasteiger partial charge < -0.3 is 4.90 Å². The number of hydrogen-bond acceptors (Lipinski definition) is 1. The van der Waals surface area contributed by atoms with E-state index in [0.717, 1.165) is 106 Å². The summed E-state index contributed by atoms with van der Waals surface area (Å²) in [6.07, 6.45) is 7.61. The van der Waals surface area contributed by atoms with Crippen LogP contribution in [0.2, 0.25) is 0 Å². The highest BCUT2D eigenvalue weighted by atomic mass is 15.1. The van der Waals surface area contributed by atoms with E-state index in [4.69, 9.17) is 0 Å². The van der Waals surface area contributed by atoms with Crippen molar-refractivity contribution < 1.29 is 0 Å². The Balaban J connectivity index is 0.803. The zero-order chi connectivity index (χ0) is 69.8. The van der Waals surface area contributed by atoms with Gasteiger partial charge in [0.05, 0.1) is 10.8 Å². The van der Waals surface area contributed by atoms with E-state index >= 15 is 0 Å². The predicted octanol–water partition coefficient (Wildman–Crippen LogP) is 27.1. The minimum atomic E-state index is -0.633. The summed E-state index contributed by atoms with van der Waals surface area (Å²) in [6.45, 7) is 20.6. The Hall–Kier alpha value is -12.9. The summed E-state index contributed by atoms with van der Waals surface area (Å²) in [6, 6.07) is 130. The van der Waals surface area contributed by atoms with Gasteiger partial charge in [0.2, 0.25) is 0 Å². The summed E-state index contributed by atoms with van der Waals surface area (Å²) in [5.74, 6) is 0. The smallest absolute Gasteiger partial charge is 0.0713 e. The van der Waals surface area contributed by atoms with Crippen LogP contribution in [0.1, 0.15) is 77.9 Å². The largest absolute Gasteiger partial charge is 0.310 e. The van der Waals surface area contributed by atoms with Gasteiger partial charge in [-0.15, -0.1) is 0 Å². The quantitative estimate of drug-likeness (QED) is 0.0878. The molecule has 0 atom stereocenters. The molecule has 1 heteroatoms. The molecule has 15 aromatic carbocycles. The Bertz CT molecular complexity index is 5540. The van der Waals surface area contributed by atoms with Gasteiger partial charge in [0.15, 0.2) is 0 Å². The number of fused-ring (bicyclic) bond motifs is 6. The van der Waals surface area contributed by atoms with Gasteiger partial charge in [-0.05, 0) is 248 Å². The third-order valence-electron chi connectivity index (χ3n) is 21.6. The Morgan fingerprint density at radius 3 is 0.728 bits per heavy atom. The monoisotopic (exact) mass is 1310 g/mol. The lowest BCUT2D eigenvalue weighted by Crippen LogP contribution is -2.28. The number of nitrogens with zero attached hydrogens (tertiary/aromatic N) is 1. The molecule has 0 N–H and O–H groups in total. The molecule has 15 aromatic rings. The van der Waals surface area contributed by atoms with Crippen LogP contribution in [0.3, 0.4) is 0 Å². The van der Waals surface area contributed by atoms with E-state index < -0.39 is 10.8 Å². The Morgan fingerprint density at radius 1 is 0.214 bits per heavy atom. The second-order valence-electron chi connectivity index (χ2n) is 27.5. The van der Waals surface area contributed by atoms with Gasteiger partial charge in [-0.25, -0.2) is 0 Å². The molecule has 0 bridgehead atoms. The third-order valence-corrected chi connectivity index (χ3v) is 21.6. The van der Waals surface area contributed by atoms with E-state index in [-0.39, 0.29) is 0 Å². The first kappa shape index (κ1) is 63.5. The molecule has 0 unspecified atom stereocenters. The highest BCUT2D eigenvalue weighted by Gasteiger charge is 2.47. The topological polar surface area (TPSA) is 3.24 Å². The van der Waals surface area contributed by atoms with Gasteiger partial charge in [0, 0.05) is 17.1 Å². The van der Waals surface area contributed by atoms with E-state index in [9.17, 15) is 0 Å². The molecule has 0 heterocycles. The van der Waals surface area contributed by atoms with Crippen molar-refractivity contribution in [3.8, 4) is 89.0 Å². The van der Waals surface area contributed by atoms with Crippen LogP contribution in [0.25, 0.3) is 113 Å². The lowest BCUT2D eigenvalue weighted by Gasteiger charge is -2.34. The van der Waals surface area contributed by atoms with Gasteiger partial charge in [0.1, 0.15) is 0 Å². The van der Waals surface area contributed by atoms with E-state index in [1.807, 2.05) is 24.3 Å². The normalized spacial score (nSPS) is 12.7. The summed E-state index contributed by atoms with van der Waals surface area (Å²) in [4.78, 5) is 2.41. The molecule has 488 valence electrons. The van der Waals surface area contributed by atoms with Gasteiger partial charge in [-0.1, -0.05) is 329 Å². The number of rotatable bonds is 17. The molecule has 0 fully saturated rings. The predicted molar refractivity (Wildman–Crippen MR) is 438 cm³/mol. The molecular weight excluding hydrogens is 1240 g/mol. The maximum atomic E-state index is 4.10. The second kappa shape index (κ2) is 26.3. The molecule has 0 aliphatic heterocycles. The molecule has 0 amide bonds. The minimum absolute atomic E-state index is 0.601. The van der Waals surface area contributed by atoms with Crippen molar-refractivity contribution in [1.29, 1.82) is 0 Å². The maximum absolute atomic E-state index is 4.10. The average Bonchev–Trinajstić information content (AvgIpc) is 1.57. The molecule has 1 nitrogen and oxygen atoms in total. The fourth-order valence-corrected chi connectivity index (χ4v) is 16.4. The zero-order valence-corrected chi connectivity index (χ0v) is 58.0. The number of anilines is 3. The first-order valence-electron chi connectivity index (χ1n) is 35.5. The number of hydrogen-bond donors (Lipinski definition) is 0. The second-order valence-corrected chi connectivity index (χ2v) is 27.5. The fourth-order valence-electron chi connectivity index (χ4n) is 16.4. The Kier molecular flexibility index (Phi) is 16.2. The van der Waals surface area contributed by atoms with Gasteiger partial charge in [-0.3, -0.25) is 0 Å². The van der Waals surface area contributed by atoms with Crippen molar-refractivity contribution in [2.75, 3.05) is 4.90 Å². The first-order valence-corrected chi connectivity index (χ1v) is 35.5. The molecule has 2 aliphatic rings. The molecule has 0 aromatic heterocycles. The molecular formula is C102H75N. The van der Waals surface area contributed by atoms with Crippen LogP contribution in [0.5, 0.6) is 0 Å². The fraction of sp³-hybridized carbons (Fsp3) is 0.0392. The summed E-state index contributed by atoms with van der Waals surface area (Å²) < 4.78 is 0. The summed E-state index contributed by atoms with van der Waals surface area (Å²) in [5, 5.41) is 0. The van der Waals surface area contributed by atoms with E-state index in [0.29, 0.717) is 0 Å². The maximum Gasteiger partial charge on any atom is 0.0713 e. The molecule has 17 rings (SSSR count). The van der Waals surface area contributed by atoms with Crippen LogP contribution < -0.4 is 4.90 Å². The van der Waals surface area contributed by atoms with Crippen molar-refractivity contribution in [2.24, 2.45) is 0 Å². The van der Waals surface area contributed by atoms with Crippen molar-refractivity contribution in [3.05, 3.63) is 450 Å². The van der Waals surface area contributed by atoms with Crippen LogP contribution >= 0.6 is 0 Å². The van der Waals surface area contributed by atoms with E-state index in [2.05, 4.69) is 391 Å². The van der Waals surface area contributed by atoms with E-state index in [1.54, 1.807) is 0 Å². The lowest BCUT2D eigenvalue weighted by molar-refractivity contribution is 0.769. The van der Waals surface area contributed by atoms with Crippen LogP contribution in [0, 0.1) is 13.8 Å². The van der Waals surface area contributed by atoms with Crippen molar-refractivity contribution in [3.63, 3.8) is 0 Å². The first-order chi connectivity index (χ1) is 50.6. The summed E-state index contributed by atoms with van der Waals surface area (Å²) >= 11 is 0. The Morgan fingerprint density at radius 2 is 0.456 bits per heavy atom. The SMILES string of the molecule is C=Cc1ccc(-c2cc(-c3ccc(C=C)cc3)cc(-c3ccc(C4(c5ccc(-c6cc(-c7ccc(C8(c9ccc(-c%10cc(C=C)cc(C=C)c%10)cc9)c9ccccc9-c9ccccc98)cc7)cc(N(c7ccc(C)cc7)c7ccc(C)cc7)c6)cc5)c5ccccc5-c5ccccc54)cc3)c2)cc1. The van der Waals surface area contributed by atoms with Gasteiger partial charge in [-0.2, -0.15) is 0 Å². The van der Waals surface area contributed by atoms with Crippen LogP contribution in [0.15, 0.2) is 372 Å². The molecule has 0 saturated heterocycles. The van der Waals surface area contributed by atoms with Crippen LogP contribution in [-0.4, -0.2) is 0 Å². The number of aryl methyl sites for hydroxylation is 2. The lowest BCUT2D eigenvalue weighted by atomic mass is 9.67. The van der Waals surface area contributed by atoms with Crippen molar-refractivity contribution in [2.45, 2.75) is 24.7 Å². The summed E-state index contributed by atoms with van der Waals surface area (Å²) in [5.41, 5.74) is 37.3. The highest BCUT2D eigenvalue weighted by Crippen LogP contribution is 2.59. The van der Waals surface area contributed by atoms with E-state index in [1.165, 1.54) is 77.9 Å². The molecule has 103 heavy (non-hydrogen) atoms. The van der Waals surface area contributed by atoms with Gasteiger partial charge in [0.25, 0.3) is 0 Å². The minimum Gasteiger partial charge on any atom is -0.310 e.